The van der Waals surface area contributed by atoms with Gasteiger partial charge in [-0.1, -0.05) is 23.9 Å². The molecule has 10 heteroatoms. The van der Waals surface area contributed by atoms with Crippen LogP contribution in [0.3, 0.4) is 0 Å². The third-order valence-electron chi connectivity index (χ3n) is 4.74. The summed E-state index contributed by atoms with van der Waals surface area (Å²) in [7, 11) is 0. The molecule has 0 amide bonds. The number of aromatic nitrogens is 7. The van der Waals surface area contributed by atoms with E-state index in [4.69, 9.17) is 9.57 Å². The van der Waals surface area contributed by atoms with Gasteiger partial charge in [0.25, 0.3) is 5.88 Å². The van der Waals surface area contributed by atoms with Gasteiger partial charge in [0.15, 0.2) is 11.2 Å². The van der Waals surface area contributed by atoms with Gasteiger partial charge in [0, 0.05) is 6.42 Å². The van der Waals surface area contributed by atoms with Crippen molar-refractivity contribution in [1.29, 1.82) is 0 Å². The van der Waals surface area contributed by atoms with E-state index in [1.807, 2.05) is 31.2 Å². The first kappa shape index (κ1) is 16.1. The average Bonchev–Trinajstić information content (AvgIpc) is 3.39. The van der Waals surface area contributed by atoms with Crippen LogP contribution in [0.4, 0.5) is 0 Å². The first-order valence-electron chi connectivity index (χ1n) is 8.74. The maximum absolute atomic E-state index is 10.1. The summed E-state index contributed by atoms with van der Waals surface area (Å²) in [5.74, 6) is 0.264. The topological polar surface area (TPSA) is 113 Å². The van der Waals surface area contributed by atoms with Gasteiger partial charge in [0.05, 0.1) is 18.5 Å². The van der Waals surface area contributed by atoms with Gasteiger partial charge >= 0.3 is 0 Å². The van der Waals surface area contributed by atoms with Gasteiger partial charge in [0.1, 0.15) is 23.6 Å². The van der Waals surface area contributed by atoms with Crippen molar-refractivity contribution in [2.24, 2.45) is 0 Å². The molecule has 0 saturated carbocycles. The van der Waals surface area contributed by atoms with Crippen LogP contribution in [0.25, 0.3) is 22.2 Å². The van der Waals surface area contributed by atoms with E-state index in [9.17, 15) is 5.11 Å². The fourth-order valence-corrected chi connectivity index (χ4v) is 3.36. The molecule has 5 rings (SSSR count). The minimum Gasteiger partial charge on any atom is -0.390 e. The molecule has 1 aliphatic heterocycles. The van der Waals surface area contributed by atoms with E-state index in [2.05, 4.69) is 25.3 Å². The first-order chi connectivity index (χ1) is 13.2. The Labute approximate surface area is 153 Å². The summed E-state index contributed by atoms with van der Waals surface area (Å²) in [6, 6.07) is 7.46. The SMILES string of the molecule is CC[C@H]1O[C@@H](n2cnc3c(On4nnc5ccccc54)ncnc32)CC1O. The Morgan fingerprint density at radius 3 is 3.00 bits per heavy atom. The molecule has 1 N–H and O–H groups in total. The molecule has 138 valence electrons. The molecule has 1 fully saturated rings. The molecule has 4 aromatic rings. The van der Waals surface area contributed by atoms with Crippen molar-refractivity contribution < 1.29 is 14.7 Å². The third kappa shape index (κ3) is 2.61. The summed E-state index contributed by atoms with van der Waals surface area (Å²) in [4.78, 5) is 20.0. The molecule has 10 nitrogen and oxygen atoms in total. The van der Waals surface area contributed by atoms with Crippen molar-refractivity contribution in [3.63, 3.8) is 0 Å². The molecule has 3 atom stereocenters. The molecule has 0 bridgehead atoms. The van der Waals surface area contributed by atoms with Gasteiger partial charge in [0.2, 0.25) is 0 Å². The highest BCUT2D eigenvalue weighted by molar-refractivity contribution is 5.77. The smallest absolute Gasteiger partial charge is 0.280 e. The van der Waals surface area contributed by atoms with Gasteiger partial charge in [-0.15, -0.1) is 5.10 Å². The second kappa shape index (κ2) is 6.25. The molecule has 1 aliphatic rings. The number of fused-ring (bicyclic) bond motifs is 2. The summed E-state index contributed by atoms with van der Waals surface area (Å²) in [6.07, 6.45) is 3.23. The summed E-state index contributed by atoms with van der Waals surface area (Å²) in [6.45, 7) is 1.98. The van der Waals surface area contributed by atoms with Crippen molar-refractivity contribution in [3.05, 3.63) is 36.9 Å². The zero-order valence-electron chi connectivity index (χ0n) is 14.5. The molecule has 3 aromatic heterocycles. The Kier molecular flexibility index (Phi) is 3.73. The Balaban J connectivity index is 1.51. The van der Waals surface area contributed by atoms with E-state index in [1.165, 1.54) is 11.2 Å². The lowest BCUT2D eigenvalue weighted by molar-refractivity contribution is -0.0183. The monoisotopic (exact) mass is 367 g/mol. The van der Waals surface area contributed by atoms with Crippen molar-refractivity contribution in [3.8, 4) is 5.88 Å². The minimum absolute atomic E-state index is 0.188. The number of nitrogens with zero attached hydrogens (tertiary/aromatic N) is 7. The number of aliphatic hydroxyl groups excluding tert-OH is 1. The van der Waals surface area contributed by atoms with Gasteiger partial charge in [-0.3, -0.25) is 4.57 Å². The Bertz CT molecular complexity index is 1110. The summed E-state index contributed by atoms with van der Waals surface area (Å²) < 4.78 is 7.72. The van der Waals surface area contributed by atoms with Gasteiger partial charge < -0.3 is 14.7 Å². The molecule has 0 aliphatic carbocycles. The Hall–Kier alpha value is -3.11. The van der Waals surface area contributed by atoms with Crippen molar-refractivity contribution in [2.45, 2.75) is 38.2 Å². The first-order valence-corrected chi connectivity index (χ1v) is 8.74. The van der Waals surface area contributed by atoms with Crippen molar-refractivity contribution in [2.75, 3.05) is 0 Å². The number of aliphatic hydroxyl groups is 1. The van der Waals surface area contributed by atoms with Gasteiger partial charge in [-0.2, -0.15) is 4.98 Å². The van der Waals surface area contributed by atoms with Crippen LogP contribution >= 0.6 is 0 Å². The maximum atomic E-state index is 10.1. The van der Waals surface area contributed by atoms with Crippen molar-refractivity contribution >= 4 is 22.2 Å². The number of hydrogen-bond donors (Lipinski definition) is 1. The second-order valence-electron chi connectivity index (χ2n) is 6.39. The highest BCUT2D eigenvalue weighted by atomic mass is 16.7. The fourth-order valence-electron chi connectivity index (χ4n) is 3.36. The maximum Gasteiger partial charge on any atom is 0.280 e. The summed E-state index contributed by atoms with van der Waals surface area (Å²) in [5.41, 5.74) is 2.48. The molecular formula is C17H17N7O3. The molecule has 1 saturated heterocycles. The van der Waals surface area contributed by atoms with Crippen LogP contribution in [0.15, 0.2) is 36.9 Å². The van der Waals surface area contributed by atoms with E-state index in [1.54, 1.807) is 10.9 Å². The number of rotatable bonds is 4. The van der Waals surface area contributed by atoms with Crippen LogP contribution in [-0.4, -0.2) is 52.0 Å². The number of imidazole rings is 1. The van der Waals surface area contributed by atoms with E-state index < -0.39 is 6.10 Å². The highest BCUT2D eigenvalue weighted by Gasteiger charge is 2.34. The molecule has 1 unspecified atom stereocenters. The predicted octanol–water partition coefficient (Wildman–Crippen LogP) is 1.47. The standard InChI is InChI=1S/C17H17N7O3/c1-2-13-12(25)7-14(26-13)23-9-20-15-16(23)18-8-19-17(15)27-24-11-6-4-3-5-10(11)21-22-24/h3-6,8-9,12-14,25H,2,7H2,1H3/t12?,13-,14-/m1/s1. The van der Waals surface area contributed by atoms with Crippen LogP contribution < -0.4 is 4.84 Å². The molecular weight excluding hydrogens is 350 g/mol. The third-order valence-corrected chi connectivity index (χ3v) is 4.74. The van der Waals surface area contributed by atoms with Crippen LogP contribution in [0.1, 0.15) is 26.0 Å². The lowest BCUT2D eigenvalue weighted by Crippen LogP contribution is -2.19. The quantitative estimate of drug-likeness (QED) is 0.577. The van der Waals surface area contributed by atoms with E-state index >= 15 is 0 Å². The van der Waals surface area contributed by atoms with Crippen LogP contribution in [-0.2, 0) is 4.74 Å². The molecule has 4 heterocycles. The second-order valence-corrected chi connectivity index (χ2v) is 6.39. The lowest BCUT2D eigenvalue weighted by atomic mass is 10.1. The summed E-state index contributed by atoms with van der Waals surface area (Å²) >= 11 is 0. The average molecular weight is 367 g/mol. The largest absolute Gasteiger partial charge is 0.390 e. The normalized spacial score (nSPS) is 22.7. The molecule has 0 radical (unpaired) electrons. The molecule has 27 heavy (non-hydrogen) atoms. The minimum atomic E-state index is -0.503. The molecule has 1 aromatic carbocycles. The number of hydrogen-bond acceptors (Lipinski definition) is 8. The number of benzene rings is 1. The van der Waals surface area contributed by atoms with Crippen LogP contribution in [0.2, 0.25) is 0 Å². The Morgan fingerprint density at radius 2 is 2.15 bits per heavy atom. The predicted molar refractivity (Wildman–Crippen MR) is 93.7 cm³/mol. The van der Waals surface area contributed by atoms with Crippen molar-refractivity contribution in [1.82, 2.24) is 34.7 Å². The summed E-state index contributed by atoms with van der Waals surface area (Å²) in [5, 5.41) is 18.2. The Morgan fingerprint density at radius 1 is 1.26 bits per heavy atom. The van der Waals surface area contributed by atoms with E-state index in [0.717, 1.165) is 11.9 Å². The van der Waals surface area contributed by atoms with Crippen LogP contribution in [0, 0.1) is 0 Å². The number of para-hydroxylation sites is 1. The highest BCUT2D eigenvalue weighted by Crippen LogP contribution is 2.33. The van der Waals surface area contributed by atoms with Crippen LogP contribution in [0.5, 0.6) is 5.88 Å². The van der Waals surface area contributed by atoms with Gasteiger partial charge in [-0.25, -0.2) is 9.97 Å². The zero-order chi connectivity index (χ0) is 18.4. The van der Waals surface area contributed by atoms with E-state index in [-0.39, 0.29) is 18.2 Å². The number of ether oxygens (including phenoxy) is 1. The molecule has 0 spiro atoms. The van der Waals surface area contributed by atoms with E-state index in [0.29, 0.717) is 23.1 Å². The zero-order valence-corrected chi connectivity index (χ0v) is 14.5. The fraction of sp³-hybridized carbons (Fsp3) is 0.353. The van der Waals surface area contributed by atoms with Gasteiger partial charge in [-0.05, 0) is 23.8 Å². The lowest BCUT2D eigenvalue weighted by Gasteiger charge is -2.14.